The Morgan fingerprint density at radius 1 is 1.12 bits per heavy atom. The number of anilines is 1. The Hall–Kier alpha value is -2.63. The molecule has 25 heavy (non-hydrogen) atoms. The first-order valence-corrected chi connectivity index (χ1v) is 8.89. The van der Waals surface area contributed by atoms with Crippen molar-refractivity contribution in [1.82, 2.24) is 15.6 Å². The van der Waals surface area contributed by atoms with Gasteiger partial charge in [0.1, 0.15) is 0 Å². The SMILES string of the molecule is O=C(CCNC(=O)NC1CCCCC1)Nc1cccc2cnccc12. The zero-order valence-corrected chi connectivity index (χ0v) is 14.3. The van der Waals surface area contributed by atoms with Crippen LogP contribution in [0.15, 0.2) is 36.7 Å². The lowest BCUT2D eigenvalue weighted by molar-refractivity contribution is -0.116. The Balaban J connectivity index is 1.44. The maximum Gasteiger partial charge on any atom is 0.315 e. The van der Waals surface area contributed by atoms with Crippen LogP contribution in [-0.4, -0.2) is 29.5 Å². The minimum atomic E-state index is -0.184. The molecule has 1 aliphatic carbocycles. The minimum absolute atomic E-state index is 0.123. The van der Waals surface area contributed by atoms with E-state index in [9.17, 15) is 9.59 Å². The first-order chi connectivity index (χ1) is 12.2. The van der Waals surface area contributed by atoms with E-state index in [-0.39, 0.29) is 24.4 Å². The molecule has 0 atom stereocenters. The highest BCUT2D eigenvalue weighted by Crippen LogP contribution is 2.22. The molecule has 6 nitrogen and oxygen atoms in total. The highest BCUT2D eigenvalue weighted by Gasteiger charge is 2.15. The number of benzene rings is 1. The fourth-order valence-electron chi connectivity index (χ4n) is 3.22. The summed E-state index contributed by atoms with van der Waals surface area (Å²) in [6.07, 6.45) is 9.40. The average Bonchev–Trinajstić information content (AvgIpc) is 2.63. The van der Waals surface area contributed by atoms with E-state index in [0.29, 0.717) is 6.54 Å². The van der Waals surface area contributed by atoms with Gasteiger partial charge in [-0.2, -0.15) is 0 Å². The average molecular weight is 340 g/mol. The monoisotopic (exact) mass is 340 g/mol. The molecule has 0 aliphatic heterocycles. The Kier molecular flexibility index (Phi) is 5.82. The number of aromatic nitrogens is 1. The predicted molar refractivity (Wildman–Crippen MR) is 98.4 cm³/mol. The Morgan fingerprint density at radius 3 is 2.80 bits per heavy atom. The second kappa shape index (κ2) is 8.46. The van der Waals surface area contributed by atoms with Gasteiger partial charge in [-0.1, -0.05) is 31.4 Å². The van der Waals surface area contributed by atoms with Crippen LogP contribution in [0.25, 0.3) is 10.8 Å². The van der Waals surface area contributed by atoms with Crippen LogP contribution >= 0.6 is 0 Å². The highest BCUT2D eigenvalue weighted by atomic mass is 16.2. The molecular weight excluding hydrogens is 316 g/mol. The molecule has 0 saturated heterocycles. The molecule has 6 heteroatoms. The second-order valence-corrected chi connectivity index (χ2v) is 6.44. The lowest BCUT2D eigenvalue weighted by atomic mass is 9.96. The summed E-state index contributed by atoms with van der Waals surface area (Å²) in [7, 11) is 0. The van der Waals surface area contributed by atoms with E-state index in [2.05, 4.69) is 20.9 Å². The first-order valence-electron chi connectivity index (χ1n) is 8.89. The molecule has 1 heterocycles. The van der Waals surface area contributed by atoms with Gasteiger partial charge in [-0.25, -0.2) is 4.79 Å². The van der Waals surface area contributed by atoms with Crippen molar-refractivity contribution in [2.45, 2.75) is 44.6 Å². The quantitative estimate of drug-likeness (QED) is 0.781. The summed E-state index contributed by atoms with van der Waals surface area (Å²) in [6, 6.07) is 7.66. The van der Waals surface area contributed by atoms with Crippen molar-refractivity contribution < 1.29 is 9.59 Å². The minimum Gasteiger partial charge on any atom is -0.338 e. The molecular formula is C19H24N4O2. The van der Waals surface area contributed by atoms with Gasteiger partial charge in [0, 0.05) is 47.9 Å². The van der Waals surface area contributed by atoms with Gasteiger partial charge in [-0.15, -0.1) is 0 Å². The van der Waals surface area contributed by atoms with Gasteiger partial charge >= 0.3 is 6.03 Å². The second-order valence-electron chi connectivity index (χ2n) is 6.44. The maximum atomic E-state index is 12.1. The normalized spacial score (nSPS) is 14.9. The number of nitrogens with one attached hydrogen (secondary N) is 3. The van der Waals surface area contributed by atoms with Gasteiger partial charge in [-0.05, 0) is 25.0 Å². The van der Waals surface area contributed by atoms with Crippen LogP contribution < -0.4 is 16.0 Å². The van der Waals surface area contributed by atoms with E-state index in [1.165, 1.54) is 19.3 Å². The number of rotatable bonds is 5. The summed E-state index contributed by atoms with van der Waals surface area (Å²) in [5.74, 6) is -0.123. The fourth-order valence-corrected chi connectivity index (χ4v) is 3.22. The van der Waals surface area contributed by atoms with E-state index < -0.39 is 0 Å². The number of hydrogen-bond donors (Lipinski definition) is 3. The summed E-state index contributed by atoms with van der Waals surface area (Å²) in [5.41, 5.74) is 0.761. The third-order valence-electron chi connectivity index (χ3n) is 4.53. The van der Waals surface area contributed by atoms with Crippen molar-refractivity contribution in [3.8, 4) is 0 Å². The van der Waals surface area contributed by atoms with Crippen molar-refractivity contribution in [2.75, 3.05) is 11.9 Å². The van der Waals surface area contributed by atoms with Crippen LogP contribution in [0.5, 0.6) is 0 Å². The number of nitrogens with zero attached hydrogens (tertiary/aromatic N) is 1. The molecule has 0 radical (unpaired) electrons. The molecule has 1 aliphatic rings. The van der Waals surface area contributed by atoms with Gasteiger partial charge in [0.15, 0.2) is 0 Å². The van der Waals surface area contributed by atoms with Crippen molar-refractivity contribution in [2.24, 2.45) is 0 Å². The van der Waals surface area contributed by atoms with Gasteiger partial charge in [-0.3, -0.25) is 9.78 Å². The van der Waals surface area contributed by atoms with E-state index in [0.717, 1.165) is 29.3 Å². The van der Waals surface area contributed by atoms with Crippen LogP contribution in [0, 0.1) is 0 Å². The van der Waals surface area contributed by atoms with E-state index in [1.54, 1.807) is 12.4 Å². The third-order valence-corrected chi connectivity index (χ3v) is 4.53. The number of fused-ring (bicyclic) bond motifs is 1. The molecule has 2 aromatic rings. The number of carbonyl (C=O) groups excluding carboxylic acids is 2. The molecule has 1 saturated carbocycles. The number of amides is 3. The first kappa shape index (κ1) is 17.2. The standard InChI is InChI=1S/C19H24N4O2/c24-18(10-12-21-19(25)22-15-6-2-1-3-7-15)23-17-8-4-5-14-13-20-11-9-16(14)17/h4-5,8-9,11,13,15H,1-3,6-7,10,12H2,(H,23,24)(H2,21,22,25). The third kappa shape index (κ3) is 4.92. The van der Waals surface area contributed by atoms with Crippen molar-refractivity contribution >= 4 is 28.4 Å². The van der Waals surface area contributed by atoms with E-state index >= 15 is 0 Å². The van der Waals surface area contributed by atoms with E-state index in [4.69, 9.17) is 0 Å². The van der Waals surface area contributed by atoms with Gasteiger partial charge in [0.25, 0.3) is 0 Å². The molecule has 0 spiro atoms. The maximum absolute atomic E-state index is 12.1. The predicted octanol–water partition coefficient (Wildman–Crippen LogP) is 3.20. The summed E-state index contributed by atoms with van der Waals surface area (Å²) in [5, 5.41) is 10.6. The van der Waals surface area contributed by atoms with Crippen LogP contribution in [0.3, 0.4) is 0 Å². The summed E-state index contributed by atoms with van der Waals surface area (Å²) >= 11 is 0. The lowest BCUT2D eigenvalue weighted by Gasteiger charge is -2.22. The molecule has 0 unspecified atom stereocenters. The summed E-state index contributed by atoms with van der Waals surface area (Å²) in [6.45, 7) is 0.316. The molecule has 132 valence electrons. The molecule has 3 rings (SSSR count). The Labute approximate surface area is 147 Å². The zero-order chi connectivity index (χ0) is 17.5. The van der Waals surface area contributed by atoms with Crippen molar-refractivity contribution in [1.29, 1.82) is 0 Å². The zero-order valence-electron chi connectivity index (χ0n) is 14.3. The molecule has 3 amide bonds. The Bertz CT molecular complexity index is 736. The molecule has 1 aromatic carbocycles. The van der Waals surface area contributed by atoms with Gasteiger partial charge in [0.2, 0.25) is 5.91 Å². The topological polar surface area (TPSA) is 83.1 Å². The number of pyridine rings is 1. The number of carbonyl (C=O) groups is 2. The molecule has 3 N–H and O–H groups in total. The largest absolute Gasteiger partial charge is 0.338 e. The van der Waals surface area contributed by atoms with E-state index in [1.807, 2.05) is 24.3 Å². The van der Waals surface area contributed by atoms with Crippen molar-refractivity contribution in [3.63, 3.8) is 0 Å². The number of urea groups is 1. The van der Waals surface area contributed by atoms with Gasteiger partial charge < -0.3 is 16.0 Å². The summed E-state index contributed by atoms with van der Waals surface area (Å²) in [4.78, 5) is 28.1. The highest BCUT2D eigenvalue weighted by molar-refractivity contribution is 6.01. The smallest absolute Gasteiger partial charge is 0.315 e. The van der Waals surface area contributed by atoms with Crippen LogP contribution in [0.4, 0.5) is 10.5 Å². The number of hydrogen-bond acceptors (Lipinski definition) is 3. The summed E-state index contributed by atoms with van der Waals surface area (Å²) < 4.78 is 0. The van der Waals surface area contributed by atoms with Crippen LogP contribution in [-0.2, 0) is 4.79 Å². The van der Waals surface area contributed by atoms with Gasteiger partial charge in [0.05, 0.1) is 0 Å². The van der Waals surface area contributed by atoms with Crippen molar-refractivity contribution in [3.05, 3.63) is 36.7 Å². The Morgan fingerprint density at radius 2 is 1.96 bits per heavy atom. The molecule has 0 bridgehead atoms. The fraction of sp³-hybridized carbons (Fsp3) is 0.421. The van der Waals surface area contributed by atoms with Crippen LogP contribution in [0.2, 0.25) is 0 Å². The molecule has 1 fully saturated rings. The van der Waals surface area contributed by atoms with Crippen LogP contribution in [0.1, 0.15) is 38.5 Å². The lowest BCUT2D eigenvalue weighted by Crippen LogP contribution is -2.43. The molecule has 1 aromatic heterocycles.